The zero-order valence-electron chi connectivity index (χ0n) is 15.8. The molecule has 0 saturated carbocycles. The fourth-order valence-electron chi connectivity index (χ4n) is 3.64. The lowest BCUT2D eigenvalue weighted by Crippen LogP contribution is -2.44. The zero-order chi connectivity index (χ0) is 20.5. The lowest BCUT2D eigenvalue weighted by Gasteiger charge is -2.30. The van der Waals surface area contributed by atoms with E-state index in [0.717, 1.165) is 32.0 Å². The summed E-state index contributed by atoms with van der Waals surface area (Å²) in [6, 6.07) is 2.78. The summed E-state index contributed by atoms with van der Waals surface area (Å²) in [6.07, 6.45) is -2.91. The Morgan fingerprint density at radius 3 is 2.59 bits per heavy atom. The van der Waals surface area contributed by atoms with Crippen LogP contribution in [-0.4, -0.2) is 60.5 Å². The van der Waals surface area contributed by atoms with Crippen LogP contribution in [0.25, 0.3) is 0 Å². The molecule has 3 amide bonds. The Bertz CT molecular complexity index is 757. The molecule has 0 aliphatic carbocycles. The molecule has 11 heteroatoms. The molecule has 1 unspecified atom stereocenters. The van der Waals surface area contributed by atoms with Gasteiger partial charge in [0.1, 0.15) is 6.04 Å². The van der Waals surface area contributed by atoms with Gasteiger partial charge in [-0.1, -0.05) is 23.7 Å². The Balaban J connectivity index is 0.00000300. The molecule has 2 saturated heterocycles. The maximum Gasteiger partial charge on any atom is 0.417 e. The topological polar surface area (TPSA) is 64.7 Å². The number of halogens is 5. The Morgan fingerprint density at radius 2 is 1.97 bits per heavy atom. The lowest BCUT2D eigenvalue weighted by molar-refractivity contribution is -0.137. The van der Waals surface area contributed by atoms with Crippen LogP contribution in [0, 0.1) is 0 Å². The van der Waals surface area contributed by atoms with Gasteiger partial charge in [-0.25, -0.2) is 4.79 Å². The molecule has 1 aromatic rings. The highest BCUT2D eigenvalue weighted by Gasteiger charge is 2.42. The van der Waals surface area contributed by atoms with Crippen LogP contribution in [0.3, 0.4) is 0 Å². The molecule has 2 fully saturated rings. The summed E-state index contributed by atoms with van der Waals surface area (Å²) in [5, 5.41) is 5.42. The van der Waals surface area contributed by atoms with Crippen LogP contribution in [0.4, 0.5) is 18.0 Å². The normalized spacial score (nSPS) is 20.6. The minimum atomic E-state index is -4.56. The predicted octanol–water partition coefficient (Wildman–Crippen LogP) is 2.88. The fraction of sp³-hybridized carbons (Fsp3) is 0.556. The average molecular weight is 455 g/mol. The highest BCUT2D eigenvalue weighted by molar-refractivity contribution is 6.32. The summed E-state index contributed by atoms with van der Waals surface area (Å²) in [5.41, 5.74) is -0.766. The second-order valence-corrected chi connectivity index (χ2v) is 7.42. The quantitative estimate of drug-likeness (QED) is 0.734. The van der Waals surface area contributed by atoms with E-state index in [4.69, 9.17) is 11.6 Å². The van der Waals surface area contributed by atoms with Gasteiger partial charge in [-0.15, -0.1) is 12.4 Å². The second kappa shape index (κ2) is 9.40. The Hall–Kier alpha value is -1.71. The first-order chi connectivity index (χ1) is 13.2. The SMILES string of the molecule is CN1C(=O)N(C2CCNCC2)CC1C(=O)NCc1cccc(C(F)(F)F)c1Cl.Cl. The van der Waals surface area contributed by atoms with Gasteiger partial charge in [0.15, 0.2) is 0 Å². The van der Waals surface area contributed by atoms with Gasteiger partial charge in [0.2, 0.25) is 5.91 Å². The van der Waals surface area contributed by atoms with Crippen molar-refractivity contribution in [2.75, 3.05) is 26.7 Å². The van der Waals surface area contributed by atoms with Gasteiger partial charge in [-0.3, -0.25) is 4.79 Å². The van der Waals surface area contributed by atoms with Gasteiger partial charge < -0.3 is 20.4 Å². The van der Waals surface area contributed by atoms with E-state index < -0.39 is 28.7 Å². The molecule has 1 atom stereocenters. The third-order valence-corrected chi connectivity index (χ3v) is 5.72. The number of nitrogens with zero attached hydrogens (tertiary/aromatic N) is 2. The number of piperidine rings is 1. The number of rotatable bonds is 4. The molecule has 6 nitrogen and oxygen atoms in total. The number of likely N-dealkylation sites (N-methyl/N-ethyl adjacent to an activating group) is 1. The smallest absolute Gasteiger partial charge is 0.350 e. The number of benzene rings is 1. The highest BCUT2D eigenvalue weighted by atomic mass is 35.5. The van der Waals surface area contributed by atoms with Gasteiger partial charge in [-0.2, -0.15) is 13.2 Å². The summed E-state index contributed by atoms with van der Waals surface area (Å²) in [4.78, 5) is 28.2. The van der Waals surface area contributed by atoms with E-state index in [1.165, 1.54) is 17.0 Å². The van der Waals surface area contributed by atoms with Crippen molar-refractivity contribution in [3.05, 3.63) is 34.3 Å². The molecule has 0 bridgehead atoms. The van der Waals surface area contributed by atoms with E-state index in [9.17, 15) is 22.8 Å². The molecule has 2 N–H and O–H groups in total. The first-order valence-electron chi connectivity index (χ1n) is 9.06. The van der Waals surface area contributed by atoms with Gasteiger partial charge >= 0.3 is 12.2 Å². The number of amides is 3. The van der Waals surface area contributed by atoms with Crippen molar-refractivity contribution in [2.45, 2.75) is 37.6 Å². The second-order valence-electron chi connectivity index (χ2n) is 7.04. The number of alkyl halides is 3. The van der Waals surface area contributed by atoms with Gasteiger partial charge in [0.05, 0.1) is 17.1 Å². The third kappa shape index (κ3) is 5.07. The number of carbonyl (C=O) groups is 2. The first-order valence-corrected chi connectivity index (χ1v) is 9.44. The molecular weight excluding hydrogens is 432 g/mol. The number of nitrogens with one attached hydrogen (secondary N) is 2. The van der Waals surface area contributed by atoms with Crippen LogP contribution in [0.1, 0.15) is 24.0 Å². The van der Waals surface area contributed by atoms with Crippen LogP contribution >= 0.6 is 24.0 Å². The van der Waals surface area contributed by atoms with E-state index in [-0.39, 0.29) is 43.1 Å². The molecule has 2 heterocycles. The minimum Gasteiger partial charge on any atom is -0.350 e. The molecule has 1 aromatic carbocycles. The van der Waals surface area contributed by atoms with Crippen LogP contribution in [0.5, 0.6) is 0 Å². The largest absolute Gasteiger partial charge is 0.417 e. The molecule has 3 rings (SSSR count). The number of urea groups is 1. The maximum absolute atomic E-state index is 13.0. The highest BCUT2D eigenvalue weighted by Crippen LogP contribution is 2.36. The summed E-state index contributed by atoms with van der Waals surface area (Å²) < 4.78 is 38.9. The van der Waals surface area contributed by atoms with Crippen LogP contribution < -0.4 is 10.6 Å². The van der Waals surface area contributed by atoms with E-state index in [1.54, 1.807) is 11.9 Å². The van der Waals surface area contributed by atoms with Gasteiger partial charge in [0, 0.05) is 19.6 Å². The van der Waals surface area contributed by atoms with Crippen molar-refractivity contribution in [2.24, 2.45) is 0 Å². The van der Waals surface area contributed by atoms with Crippen LogP contribution in [-0.2, 0) is 17.5 Å². The van der Waals surface area contributed by atoms with Crippen molar-refractivity contribution in [1.82, 2.24) is 20.4 Å². The van der Waals surface area contributed by atoms with E-state index in [0.29, 0.717) is 0 Å². The summed E-state index contributed by atoms with van der Waals surface area (Å²) in [7, 11) is 1.56. The summed E-state index contributed by atoms with van der Waals surface area (Å²) in [6.45, 7) is 1.77. The average Bonchev–Trinajstić information content (AvgIpc) is 2.96. The fourth-order valence-corrected chi connectivity index (χ4v) is 3.94. The number of hydrogen-bond acceptors (Lipinski definition) is 3. The van der Waals surface area contributed by atoms with Crippen molar-refractivity contribution >= 4 is 35.9 Å². The minimum absolute atomic E-state index is 0. The van der Waals surface area contributed by atoms with E-state index in [2.05, 4.69) is 10.6 Å². The molecule has 162 valence electrons. The molecule has 0 radical (unpaired) electrons. The zero-order valence-corrected chi connectivity index (χ0v) is 17.3. The standard InChI is InChI=1S/C18H22ClF3N4O2.ClH/c1-25-14(10-26(17(25)28)12-5-7-23-8-6-12)16(27)24-9-11-3-2-4-13(15(11)19)18(20,21)22;/h2-4,12,14,23H,5-10H2,1H3,(H,24,27);1H. The van der Waals surface area contributed by atoms with Gasteiger partial charge in [0.25, 0.3) is 0 Å². The Labute approximate surface area is 178 Å². The molecule has 0 spiro atoms. The van der Waals surface area contributed by atoms with Crippen LogP contribution in [0.2, 0.25) is 5.02 Å². The molecule has 2 aliphatic heterocycles. The molecule has 2 aliphatic rings. The Kier molecular flexibility index (Phi) is 7.64. The predicted molar refractivity (Wildman–Crippen MR) is 105 cm³/mol. The van der Waals surface area contributed by atoms with E-state index in [1.807, 2.05) is 0 Å². The van der Waals surface area contributed by atoms with Crippen LogP contribution in [0.15, 0.2) is 18.2 Å². The summed E-state index contributed by atoms with van der Waals surface area (Å²) in [5.74, 6) is -0.416. The van der Waals surface area contributed by atoms with Crippen molar-refractivity contribution in [3.8, 4) is 0 Å². The van der Waals surface area contributed by atoms with Gasteiger partial charge in [-0.05, 0) is 37.6 Å². The molecular formula is C18H23Cl2F3N4O2. The third-order valence-electron chi connectivity index (χ3n) is 5.27. The monoisotopic (exact) mass is 454 g/mol. The summed E-state index contributed by atoms with van der Waals surface area (Å²) >= 11 is 5.86. The van der Waals surface area contributed by atoms with Crippen molar-refractivity contribution in [1.29, 1.82) is 0 Å². The number of carbonyl (C=O) groups excluding carboxylic acids is 2. The molecule has 0 aromatic heterocycles. The first kappa shape index (κ1) is 23.6. The lowest BCUT2D eigenvalue weighted by atomic mass is 10.1. The Morgan fingerprint density at radius 1 is 1.31 bits per heavy atom. The maximum atomic E-state index is 13.0. The van der Waals surface area contributed by atoms with Crippen molar-refractivity contribution < 1.29 is 22.8 Å². The molecule has 29 heavy (non-hydrogen) atoms. The van der Waals surface area contributed by atoms with E-state index >= 15 is 0 Å². The van der Waals surface area contributed by atoms with Crippen molar-refractivity contribution in [3.63, 3.8) is 0 Å². The number of hydrogen-bond donors (Lipinski definition) is 2.